The summed E-state index contributed by atoms with van der Waals surface area (Å²) in [4.78, 5) is 22.9. The van der Waals surface area contributed by atoms with Gasteiger partial charge in [-0.1, -0.05) is 18.2 Å². The van der Waals surface area contributed by atoms with E-state index in [1.54, 1.807) is 36.4 Å². The second-order valence-corrected chi connectivity index (χ2v) is 5.18. The lowest BCUT2D eigenvalue weighted by atomic mass is 10.1. The number of aromatic hydroxyl groups is 1. The van der Waals surface area contributed by atoms with E-state index in [1.807, 2.05) is 0 Å². The Balaban J connectivity index is 2.19. The largest absolute Gasteiger partial charge is 0.502 e. The Morgan fingerprint density at radius 1 is 1.08 bits per heavy atom. The smallest absolute Gasteiger partial charge is 0.341 e. The number of ketones is 1. The number of methoxy groups -OCH3 is 2. The molecule has 2 aromatic rings. The van der Waals surface area contributed by atoms with Crippen molar-refractivity contribution in [2.75, 3.05) is 20.8 Å². The van der Waals surface area contributed by atoms with Crippen molar-refractivity contribution in [1.82, 2.24) is 0 Å². The summed E-state index contributed by atoms with van der Waals surface area (Å²) in [6.07, 6.45) is 2.90. The van der Waals surface area contributed by atoms with E-state index in [2.05, 4.69) is 0 Å². The van der Waals surface area contributed by atoms with Crippen LogP contribution in [0.2, 0.25) is 0 Å². The van der Waals surface area contributed by atoms with Gasteiger partial charge in [-0.05, 0) is 35.9 Å². The number of allylic oxidation sites excluding steroid dienone is 1. The highest BCUT2D eigenvalue weighted by Gasteiger charge is 2.10. The van der Waals surface area contributed by atoms with Crippen LogP contribution in [0.25, 0.3) is 6.08 Å². The Kier molecular flexibility index (Phi) is 6.21. The summed E-state index contributed by atoms with van der Waals surface area (Å²) in [5, 5.41) is 18.5. The number of benzene rings is 2. The quantitative estimate of drug-likeness (QED) is 0.552. The topological polar surface area (TPSA) is 102 Å². The van der Waals surface area contributed by atoms with Gasteiger partial charge in [-0.2, -0.15) is 0 Å². The van der Waals surface area contributed by atoms with Crippen LogP contribution in [0, 0.1) is 0 Å². The minimum absolute atomic E-state index is 0.123. The van der Waals surface area contributed by atoms with Crippen molar-refractivity contribution in [2.24, 2.45) is 0 Å². The summed E-state index contributed by atoms with van der Waals surface area (Å²) in [5.41, 5.74) is 0.949. The first kappa shape index (κ1) is 18.9. The van der Waals surface area contributed by atoms with Crippen molar-refractivity contribution >= 4 is 17.8 Å². The molecule has 0 heterocycles. The number of ether oxygens (including phenoxy) is 3. The van der Waals surface area contributed by atoms with Gasteiger partial charge in [0, 0.05) is 5.56 Å². The molecule has 0 aliphatic carbocycles. The van der Waals surface area contributed by atoms with Crippen LogP contribution in [0.5, 0.6) is 23.0 Å². The van der Waals surface area contributed by atoms with Crippen molar-refractivity contribution < 1.29 is 34.0 Å². The van der Waals surface area contributed by atoms with Crippen LogP contribution >= 0.6 is 0 Å². The maximum absolute atomic E-state index is 12.3. The minimum atomic E-state index is -1.10. The normalized spacial score (nSPS) is 10.5. The van der Waals surface area contributed by atoms with Gasteiger partial charge in [-0.3, -0.25) is 4.79 Å². The van der Waals surface area contributed by atoms with Gasteiger partial charge in [-0.25, -0.2) is 4.79 Å². The van der Waals surface area contributed by atoms with E-state index in [4.69, 9.17) is 19.3 Å². The number of carbonyl (C=O) groups excluding carboxylic acids is 1. The molecule has 0 bridgehead atoms. The standard InChI is InChI=1S/C19H18O7/c1-24-16-8-12(9-17(25-2)19(16)23)6-7-15(20)13-4-3-5-14(10-13)26-11-18(21)22/h3-10,23H,11H2,1-2H3,(H,21,22)/b7-6+. The zero-order valence-corrected chi connectivity index (χ0v) is 14.3. The molecule has 7 nitrogen and oxygen atoms in total. The van der Waals surface area contributed by atoms with Crippen LogP contribution in [0.3, 0.4) is 0 Å². The monoisotopic (exact) mass is 358 g/mol. The number of hydrogen-bond acceptors (Lipinski definition) is 6. The number of carbonyl (C=O) groups is 2. The maximum atomic E-state index is 12.3. The molecule has 136 valence electrons. The molecule has 2 rings (SSSR count). The second-order valence-electron chi connectivity index (χ2n) is 5.18. The third kappa shape index (κ3) is 4.76. The van der Waals surface area contributed by atoms with Crippen molar-refractivity contribution in [3.63, 3.8) is 0 Å². The molecule has 0 saturated carbocycles. The third-order valence-electron chi connectivity index (χ3n) is 3.41. The molecule has 0 aromatic heterocycles. The van der Waals surface area contributed by atoms with Crippen LogP contribution in [0.15, 0.2) is 42.5 Å². The molecule has 0 amide bonds. The fourth-order valence-corrected chi connectivity index (χ4v) is 2.16. The molecule has 0 aliphatic heterocycles. The van der Waals surface area contributed by atoms with Gasteiger partial charge in [0.25, 0.3) is 0 Å². The van der Waals surface area contributed by atoms with E-state index in [0.29, 0.717) is 16.9 Å². The molecule has 0 fully saturated rings. The van der Waals surface area contributed by atoms with Crippen molar-refractivity contribution in [2.45, 2.75) is 0 Å². The molecule has 0 radical (unpaired) electrons. The van der Waals surface area contributed by atoms with Crippen LogP contribution in [0.1, 0.15) is 15.9 Å². The van der Waals surface area contributed by atoms with Gasteiger partial charge < -0.3 is 24.4 Å². The SMILES string of the molecule is COc1cc(/C=C/C(=O)c2cccc(OCC(=O)O)c2)cc(OC)c1O. The Hall–Kier alpha value is -3.48. The van der Waals surface area contributed by atoms with Gasteiger partial charge in [0.2, 0.25) is 5.75 Å². The predicted molar refractivity (Wildman–Crippen MR) is 94.1 cm³/mol. The van der Waals surface area contributed by atoms with Crippen LogP contribution in [0.4, 0.5) is 0 Å². The van der Waals surface area contributed by atoms with Crippen LogP contribution in [-0.2, 0) is 4.79 Å². The molecule has 0 atom stereocenters. The van der Waals surface area contributed by atoms with E-state index in [-0.39, 0.29) is 23.0 Å². The van der Waals surface area contributed by atoms with Gasteiger partial charge in [0.15, 0.2) is 23.9 Å². The summed E-state index contributed by atoms with van der Waals surface area (Å²) in [5.74, 6) is -0.781. The molecule has 7 heteroatoms. The molecule has 2 N–H and O–H groups in total. The highest BCUT2D eigenvalue weighted by Crippen LogP contribution is 2.37. The molecule has 2 aromatic carbocycles. The zero-order valence-electron chi connectivity index (χ0n) is 14.3. The first-order chi connectivity index (χ1) is 12.4. The molecule has 0 spiro atoms. The first-order valence-corrected chi connectivity index (χ1v) is 7.56. The fraction of sp³-hybridized carbons (Fsp3) is 0.158. The van der Waals surface area contributed by atoms with E-state index >= 15 is 0 Å². The predicted octanol–water partition coefficient (Wildman–Crippen LogP) is 2.77. The van der Waals surface area contributed by atoms with E-state index in [0.717, 1.165) is 0 Å². The zero-order chi connectivity index (χ0) is 19.1. The molecular formula is C19H18O7. The van der Waals surface area contributed by atoms with Gasteiger partial charge in [-0.15, -0.1) is 0 Å². The maximum Gasteiger partial charge on any atom is 0.341 e. The minimum Gasteiger partial charge on any atom is -0.502 e. The number of hydrogen-bond donors (Lipinski definition) is 2. The number of rotatable bonds is 8. The second kappa shape index (κ2) is 8.57. The number of carboxylic acids is 1. The van der Waals surface area contributed by atoms with E-state index in [1.165, 1.54) is 26.4 Å². The number of aliphatic carboxylic acids is 1. The van der Waals surface area contributed by atoms with E-state index in [9.17, 15) is 14.7 Å². The molecule has 0 unspecified atom stereocenters. The molecule has 0 saturated heterocycles. The average Bonchev–Trinajstić information content (AvgIpc) is 2.65. The highest BCUT2D eigenvalue weighted by atomic mass is 16.5. The third-order valence-corrected chi connectivity index (χ3v) is 3.41. The van der Waals surface area contributed by atoms with Crippen LogP contribution < -0.4 is 14.2 Å². The number of carboxylic acid groups (broad SMARTS) is 1. The highest BCUT2D eigenvalue weighted by molar-refractivity contribution is 6.07. The Morgan fingerprint density at radius 2 is 1.73 bits per heavy atom. The fourth-order valence-electron chi connectivity index (χ4n) is 2.16. The summed E-state index contributed by atoms with van der Waals surface area (Å²) in [6, 6.07) is 9.36. The molecular weight excluding hydrogens is 340 g/mol. The summed E-state index contributed by atoms with van der Waals surface area (Å²) < 4.78 is 15.2. The van der Waals surface area contributed by atoms with Gasteiger partial charge >= 0.3 is 5.97 Å². The Labute approximate surface area is 150 Å². The van der Waals surface area contributed by atoms with Gasteiger partial charge in [0.1, 0.15) is 5.75 Å². The van der Waals surface area contributed by atoms with Crippen molar-refractivity contribution in [1.29, 1.82) is 0 Å². The Morgan fingerprint density at radius 3 is 2.31 bits per heavy atom. The van der Waals surface area contributed by atoms with E-state index < -0.39 is 12.6 Å². The average molecular weight is 358 g/mol. The van der Waals surface area contributed by atoms with Crippen LogP contribution in [-0.4, -0.2) is 42.8 Å². The Bertz CT molecular complexity index is 815. The van der Waals surface area contributed by atoms with Crippen molar-refractivity contribution in [3.05, 3.63) is 53.6 Å². The lowest BCUT2D eigenvalue weighted by Crippen LogP contribution is -2.09. The number of phenols is 1. The van der Waals surface area contributed by atoms with Gasteiger partial charge in [0.05, 0.1) is 14.2 Å². The summed E-state index contributed by atoms with van der Waals surface area (Å²) in [7, 11) is 2.82. The number of phenolic OH excluding ortho intramolecular Hbond substituents is 1. The molecule has 26 heavy (non-hydrogen) atoms. The summed E-state index contributed by atoms with van der Waals surface area (Å²) >= 11 is 0. The lowest BCUT2D eigenvalue weighted by molar-refractivity contribution is -0.139. The first-order valence-electron chi connectivity index (χ1n) is 7.56. The summed E-state index contributed by atoms with van der Waals surface area (Å²) in [6.45, 7) is -0.486. The molecule has 0 aliphatic rings. The lowest BCUT2D eigenvalue weighted by Gasteiger charge is -2.09. The van der Waals surface area contributed by atoms with Crippen molar-refractivity contribution in [3.8, 4) is 23.0 Å².